The van der Waals surface area contributed by atoms with Crippen molar-refractivity contribution in [3.05, 3.63) is 94.0 Å². The SMILES string of the molecule is CNc1ccc(Cl)cc1[C@H]1c2ccccc2CCN1C(=O)c1cccc(S(=O)(=O)N(C)C)c1. The predicted molar refractivity (Wildman–Crippen MR) is 131 cm³/mol. The van der Waals surface area contributed by atoms with Crippen LogP contribution in [-0.2, 0) is 16.4 Å². The van der Waals surface area contributed by atoms with Gasteiger partial charge in [-0.1, -0.05) is 41.9 Å². The second kappa shape index (κ2) is 9.17. The lowest BCUT2D eigenvalue weighted by Gasteiger charge is -2.38. The van der Waals surface area contributed by atoms with Crippen molar-refractivity contribution in [3.8, 4) is 0 Å². The number of rotatable bonds is 5. The molecule has 172 valence electrons. The van der Waals surface area contributed by atoms with Gasteiger partial charge in [0.15, 0.2) is 0 Å². The van der Waals surface area contributed by atoms with Crippen LogP contribution in [0.2, 0.25) is 5.02 Å². The van der Waals surface area contributed by atoms with Crippen LogP contribution in [0, 0.1) is 0 Å². The molecule has 0 fully saturated rings. The number of carbonyl (C=O) groups is 1. The molecule has 0 aliphatic carbocycles. The number of hydrogen-bond acceptors (Lipinski definition) is 4. The summed E-state index contributed by atoms with van der Waals surface area (Å²) in [5, 5.41) is 3.79. The lowest BCUT2D eigenvalue weighted by molar-refractivity contribution is 0.0695. The first-order valence-corrected chi connectivity index (χ1v) is 12.4. The predicted octanol–water partition coefficient (Wildman–Crippen LogP) is 4.42. The zero-order valence-corrected chi connectivity index (χ0v) is 20.3. The van der Waals surface area contributed by atoms with E-state index in [-0.39, 0.29) is 16.8 Å². The minimum atomic E-state index is -3.66. The Labute approximate surface area is 199 Å². The van der Waals surface area contributed by atoms with E-state index in [1.54, 1.807) is 17.0 Å². The summed E-state index contributed by atoms with van der Waals surface area (Å²) in [4.78, 5) is 15.7. The van der Waals surface area contributed by atoms with Crippen molar-refractivity contribution in [3.63, 3.8) is 0 Å². The third kappa shape index (κ3) is 4.36. The number of carbonyl (C=O) groups excluding carboxylic acids is 1. The Bertz CT molecular complexity index is 1310. The fourth-order valence-electron chi connectivity index (χ4n) is 4.27. The van der Waals surface area contributed by atoms with Crippen LogP contribution in [0.3, 0.4) is 0 Å². The Kier molecular flexibility index (Phi) is 6.47. The van der Waals surface area contributed by atoms with Crippen LogP contribution in [0.15, 0.2) is 71.6 Å². The molecule has 1 N–H and O–H groups in total. The van der Waals surface area contributed by atoms with Gasteiger partial charge < -0.3 is 10.2 Å². The van der Waals surface area contributed by atoms with E-state index in [0.717, 1.165) is 21.1 Å². The molecule has 3 aromatic rings. The molecule has 3 aromatic carbocycles. The number of anilines is 1. The molecule has 1 atom stereocenters. The van der Waals surface area contributed by atoms with Crippen LogP contribution in [-0.4, -0.2) is 51.2 Å². The highest BCUT2D eigenvalue weighted by molar-refractivity contribution is 7.89. The maximum absolute atomic E-state index is 13.8. The van der Waals surface area contributed by atoms with Gasteiger partial charge in [0, 0.05) is 49.5 Å². The van der Waals surface area contributed by atoms with Gasteiger partial charge in [0.25, 0.3) is 5.91 Å². The molecule has 0 saturated carbocycles. The summed E-state index contributed by atoms with van der Waals surface area (Å²) >= 11 is 6.36. The molecular formula is C25H26ClN3O3S. The summed E-state index contributed by atoms with van der Waals surface area (Å²) in [5.41, 5.74) is 4.31. The molecule has 0 spiro atoms. The van der Waals surface area contributed by atoms with Gasteiger partial charge in [-0.3, -0.25) is 4.79 Å². The fraction of sp³-hybridized carbons (Fsp3) is 0.240. The van der Waals surface area contributed by atoms with Gasteiger partial charge in [0.2, 0.25) is 10.0 Å². The second-order valence-electron chi connectivity index (χ2n) is 8.15. The molecular weight excluding hydrogens is 458 g/mol. The van der Waals surface area contributed by atoms with Crippen molar-refractivity contribution in [2.75, 3.05) is 33.0 Å². The minimum Gasteiger partial charge on any atom is -0.388 e. The normalized spacial score (nSPS) is 15.9. The molecule has 0 aromatic heterocycles. The van der Waals surface area contributed by atoms with Gasteiger partial charge in [-0.05, 0) is 53.9 Å². The molecule has 0 radical (unpaired) electrons. The van der Waals surface area contributed by atoms with E-state index < -0.39 is 10.0 Å². The Hall–Kier alpha value is -2.87. The van der Waals surface area contributed by atoms with E-state index in [9.17, 15) is 13.2 Å². The second-order valence-corrected chi connectivity index (χ2v) is 10.7. The number of halogens is 1. The Balaban J connectivity index is 1.84. The number of nitrogens with one attached hydrogen (secondary N) is 1. The highest BCUT2D eigenvalue weighted by Crippen LogP contribution is 2.40. The summed E-state index contributed by atoms with van der Waals surface area (Å²) in [5.74, 6) is -0.229. The standard InChI is InChI=1S/C25H26ClN3O3S/c1-27-23-12-11-19(26)16-22(23)24-21-10-5-4-7-17(21)13-14-29(24)25(30)18-8-6-9-20(15-18)33(31,32)28(2)3/h4-12,15-16,24,27H,13-14H2,1-3H3/t24-/m1/s1. The van der Waals surface area contributed by atoms with Gasteiger partial charge in [-0.2, -0.15) is 0 Å². The Morgan fingerprint density at radius 1 is 1.03 bits per heavy atom. The first kappa shape index (κ1) is 23.3. The summed E-state index contributed by atoms with van der Waals surface area (Å²) in [6.07, 6.45) is 0.712. The van der Waals surface area contributed by atoms with Crippen molar-refractivity contribution in [1.29, 1.82) is 0 Å². The summed E-state index contributed by atoms with van der Waals surface area (Å²) in [6.45, 7) is 0.501. The Morgan fingerprint density at radius 2 is 1.79 bits per heavy atom. The topological polar surface area (TPSA) is 69.7 Å². The molecule has 0 bridgehead atoms. The first-order chi connectivity index (χ1) is 15.7. The third-order valence-corrected chi connectivity index (χ3v) is 8.03. The molecule has 6 nitrogen and oxygen atoms in total. The third-order valence-electron chi connectivity index (χ3n) is 5.98. The van der Waals surface area contributed by atoms with Crippen molar-refractivity contribution in [2.24, 2.45) is 0 Å². The number of hydrogen-bond donors (Lipinski definition) is 1. The van der Waals surface area contributed by atoms with Gasteiger partial charge in [-0.15, -0.1) is 0 Å². The van der Waals surface area contributed by atoms with Crippen LogP contribution >= 0.6 is 11.6 Å². The highest BCUT2D eigenvalue weighted by Gasteiger charge is 2.34. The molecule has 33 heavy (non-hydrogen) atoms. The largest absolute Gasteiger partial charge is 0.388 e. The van der Waals surface area contributed by atoms with E-state index in [1.807, 2.05) is 43.4 Å². The number of nitrogens with zero attached hydrogens (tertiary/aromatic N) is 2. The zero-order chi connectivity index (χ0) is 23.8. The van der Waals surface area contributed by atoms with Gasteiger partial charge in [0.05, 0.1) is 10.9 Å². The van der Waals surface area contributed by atoms with E-state index in [1.165, 1.54) is 31.8 Å². The molecule has 1 aliphatic heterocycles. The van der Waals surface area contributed by atoms with E-state index in [0.29, 0.717) is 23.6 Å². The Morgan fingerprint density at radius 3 is 2.52 bits per heavy atom. The van der Waals surface area contributed by atoms with Gasteiger partial charge in [-0.25, -0.2) is 12.7 Å². The molecule has 1 heterocycles. The number of benzene rings is 3. The fourth-order valence-corrected chi connectivity index (χ4v) is 5.40. The van der Waals surface area contributed by atoms with Crippen molar-refractivity contribution in [2.45, 2.75) is 17.4 Å². The monoisotopic (exact) mass is 483 g/mol. The zero-order valence-electron chi connectivity index (χ0n) is 18.7. The molecule has 0 unspecified atom stereocenters. The smallest absolute Gasteiger partial charge is 0.254 e. The maximum atomic E-state index is 13.8. The quantitative estimate of drug-likeness (QED) is 0.583. The average Bonchev–Trinajstić information content (AvgIpc) is 2.82. The van der Waals surface area contributed by atoms with E-state index in [4.69, 9.17) is 11.6 Å². The van der Waals surface area contributed by atoms with Crippen LogP contribution in [0.1, 0.15) is 33.1 Å². The molecule has 1 aliphatic rings. The van der Waals surface area contributed by atoms with Crippen LogP contribution in [0.5, 0.6) is 0 Å². The average molecular weight is 484 g/mol. The summed E-state index contributed by atoms with van der Waals surface area (Å²) in [7, 11) is 1.12. The van der Waals surface area contributed by atoms with Crippen LogP contribution in [0.25, 0.3) is 0 Å². The van der Waals surface area contributed by atoms with Crippen molar-refractivity contribution < 1.29 is 13.2 Å². The number of amides is 1. The van der Waals surface area contributed by atoms with Crippen LogP contribution < -0.4 is 5.32 Å². The van der Waals surface area contributed by atoms with Crippen molar-refractivity contribution >= 4 is 33.2 Å². The van der Waals surface area contributed by atoms with E-state index >= 15 is 0 Å². The lowest BCUT2D eigenvalue weighted by Crippen LogP contribution is -2.41. The van der Waals surface area contributed by atoms with Crippen LogP contribution in [0.4, 0.5) is 5.69 Å². The lowest BCUT2D eigenvalue weighted by atomic mass is 9.87. The molecule has 4 rings (SSSR count). The molecule has 8 heteroatoms. The molecule has 0 saturated heterocycles. The van der Waals surface area contributed by atoms with Gasteiger partial charge in [0.1, 0.15) is 0 Å². The summed E-state index contributed by atoms with van der Waals surface area (Å²) < 4.78 is 26.4. The molecule has 1 amide bonds. The van der Waals surface area contributed by atoms with Gasteiger partial charge >= 0.3 is 0 Å². The minimum absolute atomic E-state index is 0.0889. The number of fused-ring (bicyclic) bond motifs is 1. The maximum Gasteiger partial charge on any atom is 0.254 e. The first-order valence-electron chi connectivity index (χ1n) is 10.6. The van der Waals surface area contributed by atoms with Crippen molar-refractivity contribution in [1.82, 2.24) is 9.21 Å². The number of sulfonamides is 1. The highest BCUT2D eigenvalue weighted by atomic mass is 35.5. The van der Waals surface area contributed by atoms with E-state index in [2.05, 4.69) is 11.4 Å². The summed E-state index contributed by atoms with van der Waals surface area (Å²) in [6, 6.07) is 19.5.